The number of aromatic amines is 1. The van der Waals surface area contributed by atoms with Gasteiger partial charge < -0.3 is 25.0 Å². The van der Waals surface area contributed by atoms with Gasteiger partial charge in [-0.1, -0.05) is 29.3 Å². The molecule has 1 unspecified atom stereocenters. The summed E-state index contributed by atoms with van der Waals surface area (Å²) in [4.78, 5) is 29.3. The molecule has 3 aromatic rings. The Bertz CT molecular complexity index is 1190. The van der Waals surface area contributed by atoms with Gasteiger partial charge in [-0.05, 0) is 43.2 Å². The van der Waals surface area contributed by atoms with Gasteiger partial charge in [-0.25, -0.2) is 0 Å². The predicted molar refractivity (Wildman–Crippen MR) is 129 cm³/mol. The predicted octanol–water partition coefficient (Wildman–Crippen LogP) is 3.47. The van der Waals surface area contributed by atoms with Crippen LogP contribution in [-0.2, 0) is 0 Å². The van der Waals surface area contributed by atoms with Crippen molar-refractivity contribution in [1.82, 2.24) is 15.2 Å². The summed E-state index contributed by atoms with van der Waals surface area (Å²) in [5.74, 6) is 0.375. The van der Waals surface area contributed by atoms with Crippen molar-refractivity contribution in [3.8, 4) is 5.75 Å². The van der Waals surface area contributed by atoms with Gasteiger partial charge in [0, 0.05) is 54.8 Å². The zero-order valence-corrected chi connectivity index (χ0v) is 19.4. The summed E-state index contributed by atoms with van der Waals surface area (Å²) in [6.45, 7) is 2.14. The number of rotatable bonds is 7. The van der Waals surface area contributed by atoms with E-state index in [0.29, 0.717) is 38.7 Å². The topological polar surface area (TPSA) is 94.7 Å². The lowest BCUT2D eigenvalue weighted by Gasteiger charge is -2.33. The molecule has 33 heavy (non-hydrogen) atoms. The number of ether oxygens (including phenoxy) is 1. The average molecular weight is 490 g/mol. The number of carbonyl (C=O) groups excluding carboxylic acids is 1. The molecular formula is C24H25Cl2N3O4. The molecule has 1 amide bonds. The van der Waals surface area contributed by atoms with E-state index in [4.69, 9.17) is 27.9 Å². The number of aliphatic hydroxyl groups excluding tert-OH is 1. The van der Waals surface area contributed by atoms with E-state index in [2.05, 4.69) is 15.2 Å². The zero-order chi connectivity index (χ0) is 23.4. The summed E-state index contributed by atoms with van der Waals surface area (Å²) in [6.07, 6.45) is 2.53. The first-order valence-electron chi connectivity index (χ1n) is 10.8. The third-order valence-corrected chi connectivity index (χ3v) is 6.49. The van der Waals surface area contributed by atoms with E-state index in [1.165, 1.54) is 6.20 Å². The number of carbonyl (C=O) groups is 1. The largest absolute Gasteiger partial charge is 0.490 e. The van der Waals surface area contributed by atoms with Gasteiger partial charge in [0.05, 0.1) is 16.1 Å². The lowest BCUT2D eigenvalue weighted by atomic mass is 10.1. The van der Waals surface area contributed by atoms with Crippen LogP contribution in [0.25, 0.3) is 10.8 Å². The number of hydrogen-bond acceptors (Lipinski definition) is 5. The molecule has 0 radical (unpaired) electrons. The molecule has 0 bridgehead atoms. The Kier molecular flexibility index (Phi) is 7.55. The minimum atomic E-state index is -0.708. The van der Waals surface area contributed by atoms with Crippen molar-refractivity contribution in [2.75, 3.05) is 26.2 Å². The second-order valence-corrected chi connectivity index (χ2v) is 8.95. The molecule has 2 heterocycles. The van der Waals surface area contributed by atoms with Crippen LogP contribution < -0.4 is 15.6 Å². The van der Waals surface area contributed by atoms with Crippen LogP contribution in [0, 0.1) is 0 Å². The molecule has 0 saturated carbocycles. The molecule has 4 rings (SSSR count). The van der Waals surface area contributed by atoms with Crippen molar-refractivity contribution in [3.63, 3.8) is 0 Å². The number of H-pyrrole nitrogens is 1. The van der Waals surface area contributed by atoms with Crippen molar-refractivity contribution in [2.24, 2.45) is 0 Å². The maximum Gasteiger partial charge on any atom is 0.255 e. The molecule has 3 N–H and O–H groups in total. The van der Waals surface area contributed by atoms with E-state index < -0.39 is 6.10 Å². The Morgan fingerprint density at radius 1 is 1.15 bits per heavy atom. The van der Waals surface area contributed by atoms with Gasteiger partial charge >= 0.3 is 0 Å². The Hall–Kier alpha value is -2.58. The van der Waals surface area contributed by atoms with E-state index in [9.17, 15) is 14.7 Å². The van der Waals surface area contributed by atoms with Gasteiger partial charge in [-0.15, -0.1) is 0 Å². The minimum absolute atomic E-state index is 0.0739. The molecule has 1 atom stereocenters. The summed E-state index contributed by atoms with van der Waals surface area (Å²) in [7, 11) is 0. The molecule has 1 fully saturated rings. The molecule has 1 aliphatic rings. The van der Waals surface area contributed by atoms with Crippen LogP contribution in [0.3, 0.4) is 0 Å². The number of aromatic nitrogens is 1. The fourth-order valence-electron chi connectivity index (χ4n) is 4.04. The third kappa shape index (κ3) is 5.86. The summed E-state index contributed by atoms with van der Waals surface area (Å²) < 4.78 is 6.00. The summed E-state index contributed by atoms with van der Waals surface area (Å²) in [5.41, 5.74) is 0.166. The first kappa shape index (κ1) is 23.6. The molecule has 7 nitrogen and oxygen atoms in total. The van der Waals surface area contributed by atoms with E-state index >= 15 is 0 Å². The number of benzene rings is 2. The van der Waals surface area contributed by atoms with Gasteiger partial charge in [0.1, 0.15) is 11.9 Å². The minimum Gasteiger partial charge on any atom is -0.490 e. The third-order valence-electron chi connectivity index (χ3n) is 5.76. The first-order valence-corrected chi connectivity index (χ1v) is 11.6. The van der Waals surface area contributed by atoms with Crippen molar-refractivity contribution in [3.05, 3.63) is 74.6 Å². The van der Waals surface area contributed by atoms with Crippen LogP contribution in [0.2, 0.25) is 10.0 Å². The van der Waals surface area contributed by atoms with E-state index in [1.807, 2.05) is 0 Å². The lowest BCUT2D eigenvalue weighted by molar-refractivity contribution is 0.0594. The van der Waals surface area contributed by atoms with Gasteiger partial charge in [-0.2, -0.15) is 0 Å². The normalized spacial score (nSPS) is 16.0. The van der Waals surface area contributed by atoms with Crippen molar-refractivity contribution < 1.29 is 14.6 Å². The molecule has 0 aliphatic carbocycles. The van der Waals surface area contributed by atoms with Gasteiger partial charge in [0.25, 0.3) is 11.5 Å². The molecule has 174 valence electrons. The van der Waals surface area contributed by atoms with Crippen LogP contribution in [-0.4, -0.2) is 59.3 Å². The fraction of sp³-hybridized carbons (Fsp3) is 0.333. The van der Waals surface area contributed by atoms with Gasteiger partial charge in [0.15, 0.2) is 0 Å². The number of halogens is 2. The monoisotopic (exact) mass is 489 g/mol. The smallest absolute Gasteiger partial charge is 0.255 e. The number of piperidine rings is 1. The van der Waals surface area contributed by atoms with Crippen molar-refractivity contribution in [1.29, 1.82) is 0 Å². The van der Waals surface area contributed by atoms with Crippen LogP contribution in [0.1, 0.15) is 23.2 Å². The van der Waals surface area contributed by atoms with Crippen LogP contribution in [0.4, 0.5) is 0 Å². The molecule has 0 spiro atoms. The quantitative estimate of drug-likeness (QED) is 0.472. The number of nitrogens with zero attached hydrogens (tertiary/aromatic N) is 1. The highest BCUT2D eigenvalue weighted by Crippen LogP contribution is 2.28. The average Bonchev–Trinajstić information content (AvgIpc) is 2.81. The summed E-state index contributed by atoms with van der Waals surface area (Å²) in [5, 5.41) is 15.2. The molecule has 1 saturated heterocycles. The standard InChI is InChI=1S/C24H25Cl2N3O4/c25-21-5-4-17(12-22(21)26)33-16-7-10-29(11-8-16)14-15(30)13-28-24(32)20-3-1-2-19-18(20)6-9-27-23(19)31/h1-6,9,12,15-16,30H,7-8,10-11,13-14H2,(H,27,31)(H,28,32). The summed E-state index contributed by atoms with van der Waals surface area (Å²) in [6, 6.07) is 12.0. The van der Waals surface area contributed by atoms with E-state index in [-0.39, 0.29) is 24.1 Å². The Morgan fingerprint density at radius 2 is 1.94 bits per heavy atom. The second kappa shape index (κ2) is 10.6. The molecule has 1 aliphatic heterocycles. The van der Waals surface area contributed by atoms with Crippen LogP contribution in [0.5, 0.6) is 5.75 Å². The number of likely N-dealkylation sites (tertiary alicyclic amines) is 1. The van der Waals surface area contributed by atoms with Crippen LogP contribution in [0.15, 0.2) is 53.5 Å². The highest BCUT2D eigenvalue weighted by atomic mass is 35.5. The molecule has 9 heteroatoms. The first-order chi connectivity index (χ1) is 15.9. The Labute approximate surface area is 201 Å². The van der Waals surface area contributed by atoms with E-state index in [0.717, 1.165) is 25.9 Å². The number of amides is 1. The molecule has 1 aromatic heterocycles. The number of aliphatic hydroxyl groups is 1. The maximum absolute atomic E-state index is 12.6. The number of pyridine rings is 1. The Morgan fingerprint density at radius 3 is 2.70 bits per heavy atom. The number of fused-ring (bicyclic) bond motifs is 1. The van der Waals surface area contributed by atoms with E-state index in [1.54, 1.807) is 42.5 Å². The van der Waals surface area contributed by atoms with Crippen molar-refractivity contribution in [2.45, 2.75) is 25.0 Å². The highest BCUT2D eigenvalue weighted by molar-refractivity contribution is 6.42. The van der Waals surface area contributed by atoms with Gasteiger partial charge in [-0.3, -0.25) is 9.59 Å². The van der Waals surface area contributed by atoms with Crippen molar-refractivity contribution >= 4 is 39.9 Å². The second-order valence-electron chi connectivity index (χ2n) is 8.13. The SMILES string of the molecule is O=C(NCC(O)CN1CCC(Oc2ccc(Cl)c(Cl)c2)CC1)c1cccc2c(=O)[nH]ccc12. The number of nitrogens with one attached hydrogen (secondary N) is 2. The Balaban J connectivity index is 1.24. The number of hydrogen-bond donors (Lipinski definition) is 3. The molecule has 2 aromatic carbocycles. The van der Waals surface area contributed by atoms with Gasteiger partial charge in [0.2, 0.25) is 0 Å². The zero-order valence-electron chi connectivity index (χ0n) is 17.9. The highest BCUT2D eigenvalue weighted by Gasteiger charge is 2.23. The lowest BCUT2D eigenvalue weighted by Crippen LogP contribution is -2.45. The molecular weight excluding hydrogens is 465 g/mol. The summed E-state index contributed by atoms with van der Waals surface area (Å²) >= 11 is 12.0. The van der Waals surface area contributed by atoms with Crippen LogP contribution >= 0.6 is 23.2 Å². The number of β-amino-alcohol motifs (C(OH)–C–C–N with tert-alkyl or cyclic N) is 1. The maximum atomic E-state index is 12.6. The fourth-order valence-corrected chi connectivity index (χ4v) is 4.33.